The summed E-state index contributed by atoms with van der Waals surface area (Å²) in [6.07, 6.45) is 4.06. The van der Waals surface area contributed by atoms with Gasteiger partial charge in [0.1, 0.15) is 10.8 Å². The Labute approximate surface area is 169 Å². The number of hydrogen-bond donors (Lipinski definition) is 1. The lowest BCUT2D eigenvalue weighted by molar-refractivity contribution is 0.0528. The second-order valence-corrected chi connectivity index (χ2v) is 7.92. The van der Waals surface area contributed by atoms with Crippen LogP contribution < -0.4 is 5.32 Å². The van der Waals surface area contributed by atoms with E-state index in [4.69, 9.17) is 4.74 Å². The monoisotopic (exact) mass is 403 g/mol. The first-order valence-corrected chi connectivity index (χ1v) is 10.1. The molecule has 28 heavy (non-hydrogen) atoms. The largest absolute Gasteiger partial charge is 0.462 e. The molecule has 0 radical (unpaired) electrons. The Morgan fingerprint density at radius 1 is 1.29 bits per heavy atom. The Balaban J connectivity index is 2.25. The van der Waals surface area contributed by atoms with E-state index in [0.29, 0.717) is 10.6 Å². The van der Waals surface area contributed by atoms with Crippen molar-refractivity contribution in [2.75, 3.05) is 11.9 Å². The standard InChI is InChI=1S/C22H26FNO3S/c1-5-27-22(26)18-13-19(15(4)9-6-8-14(2)3)28-21(18)24-20(25)16-10-7-11-17(23)12-16/h7-8,10-13,15H,5-6,9H2,1-4H3,(H,24,25)/t15-/m0/s1. The fourth-order valence-corrected chi connectivity index (χ4v) is 3.80. The average molecular weight is 404 g/mol. The zero-order chi connectivity index (χ0) is 20.7. The molecule has 1 atom stereocenters. The van der Waals surface area contributed by atoms with E-state index in [-0.39, 0.29) is 18.1 Å². The summed E-state index contributed by atoms with van der Waals surface area (Å²) in [7, 11) is 0. The second-order valence-electron chi connectivity index (χ2n) is 6.84. The fraction of sp³-hybridized carbons (Fsp3) is 0.364. The summed E-state index contributed by atoms with van der Waals surface area (Å²) in [5, 5.41) is 3.17. The van der Waals surface area contributed by atoms with Crippen molar-refractivity contribution in [2.24, 2.45) is 0 Å². The van der Waals surface area contributed by atoms with Gasteiger partial charge in [-0.15, -0.1) is 11.3 Å². The molecule has 150 valence electrons. The molecule has 2 rings (SSSR count). The quantitative estimate of drug-likeness (QED) is 0.424. The number of carbonyl (C=O) groups is 2. The molecule has 0 aliphatic carbocycles. The van der Waals surface area contributed by atoms with Crippen LogP contribution in [0.25, 0.3) is 0 Å². The van der Waals surface area contributed by atoms with Crippen LogP contribution in [0.3, 0.4) is 0 Å². The van der Waals surface area contributed by atoms with E-state index in [1.54, 1.807) is 13.0 Å². The van der Waals surface area contributed by atoms with Crippen LogP contribution in [0.15, 0.2) is 42.0 Å². The third-order valence-electron chi connectivity index (χ3n) is 4.20. The van der Waals surface area contributed by atoms with E-state index < -0.39 is 17.7 Å². The predicted octanol–water partition coefficient (Wildman–Crippen LogP) is 6.17. The number of ether oxygens (including phenoxy) is 1. The van der Waals surface area contributed by atoms with Gasteiger partial charge in [0, 0.05) is 10.4 Å². The van der Waals surface area contributed by atoms with Crippen LogP contribution in [0.2, 0.25) is 0 Å². The first-order chi connectivity index (χ1) is 13.3. The van der Waals surface area contributed by atoms with Crippen molar-refractivity contribution < 1.29 is 18.7 Å². The molecular formula is C22H26FNO3S. The molecule has 0 bridgehead atoms. The van der Waals surface area contributed by atoms with Crippen molar-refractivity contribution in [2.45, 2.75) is 46.5 Å². The topological polar surface area (TPSA) is 55.4 Å². The lowest BCUT2D eigenvalue weighted by atomic mass is 10.0. The maximum Gasteiger partial charge on any atom is 0.341 e. The summed E-state index contributed by atoms with van der Waals surface area (Å²) in [5.74, 6) is -1.20. The van der Waals surface area contributed by atoms with E-state index in [9.17, 15) is 14.0 Å². The highest BCUT2D eigenvalue weighted by molar-refractivity contribution is 7.16. The molecule has 0 saturated carbocycles. The minimum atomic E-state index is -0.488. The molecule has 0 saturated heterocycles. The van der Waals surface area contributed by atoms with Gasteiger partial charge in [0.2, 0.25) is 0 Å². The van der Waals surface area contributed by atoms with Crippen molar-refractivity contribution in [3.8, 4) is 0 Å². The highest BCUT2D eigenvalue weighted by atomic mass is 32.1. The molecule has 0 fully saturated rings. The number of amides is 1. The average Bonchev–Trinajstić information content (AvgIpc) is 3.05. The maximum absolute atomic E-state index is 13.4. The zero-order valence-electron chi connectivity index (χ0n) is 16.7. The minimum absolute atomic E-state index is 0.196. The molecule has 1 N–H and O–H groups in total. The summed E-state index contributed by atoms with van der Waals surface area (Å²) >= 11 is 1.36. The second kappa shape index (κ2) is 10.2. The van der Waals surface area contributed by atoms with Crippen LogP contribution in [-0.2, 0) is 4.74 Å². The number of benzene rings is 1. The van der Waals surface area contributed by atoms with Crippen molar-refractivity contribution in [1.29, 1.82) is 0 Å². The van der Waals surface area contributed by atoms with Gasteiger partial charge in [-0.1, -0.05) is 24.6 Å². The number of rotatable bonds is 8. The molecule has 0 spiro atoms. The van der Waals surface area contributed by atoms with Gasteiger partial charge in [0.15, 0.2) is 0 Å². The molecule has 6 heteroatoms. The van der Waals surface area contributed by atoms with Gasteiger partial charge in [-0.3, -0.25) is 4.79 Å². The Kier molecular flexibility index (Phi) is 7.93. The number of carbonyl (C=O) groups excluding carboxylic acids is 2. The molecule has 4 nitrogen and oxygen atoms in total. The molecule has 1 aromatic carbocycles. The highest BCUT2D eigenvalue weighted by Crippen LogP contribution is 2.35. The number of hydrogen-bond acceptors (Lipinski definition) is 4. The van der Waals surface area contributed by atoms with Crippen molar-refractivity contribution in [1.82, 2.24) is 0 Å². The fourth-order valence-electron chi connectivity index (χ4n) is 2.68. The van der Waals surface area contributed by atoms with Crippen molar-refractivity contribution in [3.63, 3.8) is 0 Å². The summed E-state index contributed by atoms with van der Waals surface area (Å²) in [6, 6.07) is 7.23. The lowest BCUT2D eigenvalue weighted by Gasteiger charge is -2.07. The number of allylic oxidation sites excluding steroid dienone is 2. The normalized spacial score (nSPS) is 11.6. The minimum Gasteiger partial charge on any atom is -0.462 e. The van der Waals surface area contributed by atoms with Gasteiger partial charge in [-0.2, -0.15) is 0 Å². The van der Waals surface area contributed by atoms with Crippen molar-refractivity contribution in [3.05, 3.63) is 63.8 Å². The SMILES string of the molecule is CCOC(=O)c1cc([C@@H](C)CCC=C(C)C)sc1NC(=O)c1cccc(F)c1. The number of nitrogens with one attached hydrogen (secondary N) is 1. The van der Waals surface area contributed by atoms with E-state index in [2.05, 4.69) is 32.2 Å². The Morgan fingerprint density at radius 2 is 2.04 bits per heavy atom. The molecule has 2 aromatic rings. The van der Waals surface area contributed by atoms with Crippen LogP contribution in [0.1, 0.15) is 72.0 Å². The third kappa shape index (κ3) is 6.02. The summed E-state index contributed by atoms with van der Waals surface area (Å²) in [4.78, 5) is 25.8. The van der Waals surface area contributed by atoms with E-state index in [1.165, 1.54) is 35.1 Å². The molecule has 0 aliphatic rings. The van der Waals surface area contributed by atoms with E-state index >= 15 is 0 Å². The Bertz CT molecular complexity index is 868. The Hall–Kier alpha value is -2.47. The predicted molar refractivity (Wildman–Crippen MR) is 112 cm³/mol. The molecule has 0 aliphatic heterocycles. The van der Waals surface area contributed by atoms with Gasteiger partial charge in [0.25, 0.3) is 5.91 Å². The van der Waals surface area contributed by atoms with Crippen LogP contribution in [0.5, 0.6) is 0 Å². The summed E-state index contributed by atoms with van der Waals surface area (Å²) in [5.41, 5.74) is 1.80. The van der Waals surface area contributed by atoms with E-state index in [0.717, 1.165) is 23.8 Å². The van der Waals surface area contributed by atoms with E-state index in [1.807, 2.05) is 0 Å². The third-order valence-corrected chi connectivity index (χ3v) is 5.48. The lowest BCUT2D eigenvalue weighted by Crippen LogP contribution is -2.14. The molecule has 0 unspecified atom stereocenters. The van der Waals surface area contributed by atoms with Gasteiger partial charge in [-0.05, 0) is 63.8 Å². The molecular weight excluding hydrogens is 377 g/mol. The number of thiophene rings is 1. The van der Waals surface area contributed by atoms with Crippen LogP contribution in [0, 0.1) is 5.82 Å². The zero-order valence-corrected chi connectivity index (χ0v) is 17.5. The first kappa shape index (κ1) is 21.8. The molecule has 1 heterocycles. The van der Waals surface area contributed by atoms with Crippen LogP contribution in [-0.4, -0.2) is 18.5 Å². The van der Waals surface area contributed by atoms with Crippen LogP contribution in [0.4, 0.5) is 9.39 Å². The smallest absolute Gasteiger partial charge is 0.341 e. The maximum atomic E-state index is 13.4. The Morgan fingerprint density at radius 3 is 2.68 bits per heavy atom. The summed E-state index contributed by atoms with van der Waals surface area (Å²) < 4.78 is 18.5. The summed E-state index contributed by atoms with van der Waals surface area (Å²) in [6.45, 7) is 8.21. The van der Waals surface area contributed by atoms with Gasteiger partial charge < -0.3 is 10.1 Å². The van der Waals surface area contributed by atoms with Crippen molar-refractivity contribution >= 4 is 28.2 Å². The molecule has 1 aromatic heterocycles. The highest BCUT2D eigenvalue weighted by Gasteiger charge is 2.21. The van der Waals surface area contributed by atoms with Crippen LogP contribution >= 0.6 is 11.3 Å². The first-order valence-electron chi connectivity index (χ1n) is 9.33. The van der Waals surface area contributed by atoms with Gasteiger partial charge in [0.05, 0.1) is 12.2 Å². The van der Waals surface area contributed by atoms with Gasteiger partial charge >= 0.3 is 5.97 Å². The number of anilines is 1. The molecule has 1 amide bonds. The van der Waals surface area contributed by atoms with Gasteiger partial charge in [-0.25, -0.2) is 9.18 Å². The number of esters is 1. The number of halogens is 1.